The van der Waals surface area contributed by atoms with Gasteiger partial charge in [0.15, 0.2) is 0 Å². The van der Waals surface area contributed by atoms with Crippen LogP contribution in [0, 0.1) is 5.82 Å². The molecule has 0 aromatic heterocycles. The van der Waals surface area contributed by atoms with Gasteiger partial charge in [-0.25, -0.2) is 12.8 Å². The first kappa shape index (κ1) is 20.3. The quantitative estimate of drug-likeness (QED) is 0.682. The van der Waals surface area contributed by atoms with Gasteiger partial charge in [0.05, 0.1) is 21.8 Å². The molecule has 0 atom stereocenters. The van der Waals surface area contributed by atoms with Gasteiger partial charge in [-0.2, -0.15) is 26.3 Å². The minimum Gasteiger partial charge on any atom is -0.277 e. The topological polar surface area (TPSA) is 46.2 Å². The van der Waals surface area contributed by atoms with Crippen LogP contribution in [0.1, 0.15) is 11.1 Å². The minimum absolute atomic E-state index is 0.175. The Hall–Kier alpha value is -2.01. The summed E-state index contributed by atoms with van der Waals surface area (Å²) in [6.45, 7) is 0. The molecular formula is C14H7ClF7NO2S. The van der Waals surface area contributed by atoms with E-state index in [-0.39, 0.29) is 12.1 Å². The Bertz CT molecular complexity index is 939. The van der Waals surface area contributed by atoms with Crippen LogP contribution in [0.15, 0.2) is 41.3 Å². The van der Waals surface area contributed by atoms with Gasteiger partial charge in [0.1, 0.15) is 10.7 Å². The second-order valence-corrected chi connectivity index (χ2v) is 7.00. The summed E-state index contributed by atoms with van der Waals surface area (Å²) in [6.07, 6.45) is -9.78. The maximum atomic E-state index is 13.7. The van der Waals surface area contributed by atoms with Crippen LogP contribution in [0.4, 0.5) is 36.4 Å². The summed E-state index contributed by atoms with van der Waals surface area (Å²) < 4.78 is 116. The molecule has 142 valence electrons. The highest BCUT2D eigenvalue weighted by Crippen LogP contribution is 2.35. The zero-order valence-electron chi connectivity index (χ0n) is 12.2. The minimum atomic E-state index is -4.90. The molecule has 0 fully saturated rings. The van der Waals surface area contributed by atoms with E-state index in [1.54, 1.807) is 0 Å². The molecule has 3 nitrogen and oxygen atoms in total. The molecule has 0 radical (unpaired) electrons. The van der Waals surface area contributed by atoms with Crippen molar-refractivity contribution in [2.75, 3.05) is 4.72 Å². The van der Waals surface area contributed by atoms with Crippen molar-refractivity contribution in [2.24, 2.45) is 0 Å². The Morgan fingerprint density at radius 2 is 1.35 bits per heavy atom. The largest absolute Gasteiger partial charge is 0.416 e. The average Bonchev–Trinajstić information content (AvgIpc) is 2.47. The second kappa shape index (κ2) is 6.62. The molecule has 0 bridgehead atoms. The van der Waals surface area contributed by atoms with E-state index in [1.165, 1.54) is 4.72 Å². The van der Waals surface area contributed by atoms with Crippen LogP contribution in [0.2, 0.25) is 5.02 Å². The number of alkyl halides is 6. The molecule has 2 rings (SSSR count). The number of hydrogen-bond donors (Lipinski definition) is 1. The maximum absolute atomic E-state index is 13.7. The number of sulfonamides is 1. The Morgan fingerprint density at radius 3 is 1.88 bits per heavy atom. The lowest BCUT2D eigenvalue weighted by molar-refractivity contribution is -0.138. The molecule has 0 aliphatic carbocycles. The standard InChI is InChI=1S/C14H7ClF7NO2S/c15-9-3-1-8(14(20,21)22)6-12(9)26(24,25)23-11-5-7(13(17,18)19)2-4-10(11)16/h1-6,23H. The average molecular weight is 422 g/mol. The summed E-state index contributed by atoms with van der Waals surface area (Å²) in [5, 5.41) is -0.627. The Labute approximate surface area is 147 Å². The summed E-state index contributed by atoms with van der Waals surface area (Å²) in [6, 6.07) is 2.29. The van der Waals surface area contributed by atoms with E-state index in [0.29, 0.717) is 24.3 Å². The summed E-state index contributed by atoms with van der Waals surface area (Å²) in [5.41, 5.74) is -3.80. The van der Waals surface area contributed by atoms with Crippen LogP contribution in [-0.4, -0.2) is 8.42 Å². The van der Waals surface area contributed by atoms with Gasteiger partial charge < -0.3 is 0 Å². The van der Waals surface area contributed by atoms with E-state index in [0.717, 1.165) is 0 Å². The van der Waals surface area contributed by atoms with Crippen molar-refractivity contribution < 1.29 is 39.2 Å². The van der Waals surface area contributed by atoms with Gasteiger partial charge >= 0.3 is 12.4 Å². The molecular weight excluding hydrogens is 415 g/mol. The predicted octanol–water partition coefficient (Wildman–Crippen LogP) is 5.32. The van der Waals surface area contributed by atoms with Crippen LogP contribution in [0.25, 0.3) is 0 Å². The van der Waals surface area contributed by atoms with Crippen LogP contribution in [-0.2, 0) is 22.4 Å². The lowest BCUT2D eigenvalue weighted by Gasteiger charge is -2.14. The first-order valence-electron chi connectivity index (χ1n) is 6.48. The van der Waals surface area contributed by atoms with Gasteiger partial charge in [0, 0.05) is 0 Å². The van der Waals surface area contributed by atoms with Crippen LogP contribution < -0.4 is 4.72 Å². The highest BCUT2D eigenvalue weighted by Gasteiger charge is 2.34. The van der Waals surface area contributed by atoms with Gasteiger partial charge in [-0.3, -0.25) is 4.72 Å². The highest BCUT2D eigenvalue weighted by atomic mass is 35.5. The van der Waals surface area contributed by atoms with E-state index >= 15 is 0 Å². The number of nitrogens with one attached hydrogen (secondary N) is 1. The molecule has 0 amide bonds. The summed E-state index contributed by atoms with van der Waals surface area (Å²) in [4.78, 5) is -1.06. The number of rotatable bonds is 3. The van der Waals surface area contributed by atoms with Crippen molar-refractivity contribution in [1.82, 2.24) is 0 Å². The molecule has 12 heteroatoms. The fourth-order valence-corrected chi connectivity index (χ4v) is 3.45. The lowest BCUT2D eigenvalue weighted by atomic mass is 10.2. The summed E-state index contributed by atoms with van der Waals surface area (Å²) in [5.74, 6) is -1.36. The fourth-order valence-electron chi connectivity index (χ4n) is 1.87. The monoisotopic (exact) mass is 421 g/mol. The van der Waals surface area contributed by atoms with Gasteiger partial charge in [-0.15, -0.1) is 0 Å². The molecule has 0 spiro atoms. The number of hydrogen-bond acceptors (Lipinski definition) is 2. The van der Waals surface area contributed by atoms with Crippen molar-refractivity contribution in [3.63, 3.8) is 0 Å². The number of halogens is 8. The van der Waals surface area contributed by atoms with Gasteiger partial charge in [-0.05, 0) is 36.4 Å². The van der Waals surface area contributed by atoms with Gasteiger partial charge in [0.2, 0.25) is 0 Å². The van der Waals surface area contributed by atoms with Crippen LogP contribution in [0.3, 0.4) is 0 Å². The summed E-state index contributed by atoms with van der Waals surface area (Å²) >= 11 is 5.58. The molecule has 1 N–H and O–H groups in total. The van der Waals surface area contributed by atoms with E-state index in [4.69, 9.17) is 11.6 Å². The third-order valence-electron chi connectivity index (χ3n) is 3.09. The first-order chi connectivity index (χ1) is 11.7. The van der Waals surface area contributed by atoms with E-state index in [9.17, 15) is 39.2 Å². The van der Waals surface area contributed by atoms with Crippen molar-refractivity contribution >= 4 is 27.3 Å². The van der Waals surface area contributed by atoms with Gasteiger partial charge in [0.25, 0.3) is 10.0 Å². The molecule has 2 aromatic rings. The van der Waals surface area contributed by atoms with Crippen LogP contribution >= 0.6 is 11.6 Å². The molecule has 0 unspecified atom stereocenters. The Kier molecular flexibility index (Phi) is 5.17. The zero-order chi connectivity index (χ0) is 19.9. The van der Waals surface area contributed by atoms with E-state index in [1.807, 2.05) is 0 Å². The van der Waals surface area contributed by atoms with Crippen LogP contribution in [0.5, 0.6) is 0 Å². The smallest absolute Gasteiger partial charge is 0.277 e. The Morgan fingerprint density at radius 1 is 0.846 bits per heavy atom. The summed E-state index contributed by atoms with van der Waals surface area (Å²) in [7, 11) is -4.90. The highest BCUT2D eigenvalue weighted by molar-refractivity contribution is 7.92. The molecule has 0 aliphatic heterocycles. The van der Waals surface area contributed by atoms with E-state index < -0.39 is 54.9 Å². The molecule has 26 heavy (non-hydrogen) atoms. The van der Waals surface area contributed by atoms with Crippen molar-refractivity contribution in [2.45, 2.75) is 17.2 Å². The number of benzene rings is 2. The lowest BCUT2D eigenvalue weighted by Crippen LogP contribution is -2.17. The SMILES string of the molecule is O=S(=O)(Nc1cc(C(F)(F)F)ccc1F)c1cc(C(F)(F)F)ccc1Cl. The molecule has 0 aliphatic rings. The second-order valence-electron chi connectivity index (χ2n) is 4.94. The molecule has 2 aromatic carbocycles. The predicted molar refractivity (Wildman–Crippen MR) is 78.7 cm³/mol. The maximum Gasteiger partial charge on any atom is 0.416 e. The normalized spacial score (nSPS) is 12.9. The molecule has 0 saturated carbocycles. The molecule has 0 saturated heterocycles. The number of anilines is 1. The van der Waals surface area contributed by atoms with Gasteiger partial charge in [-0.1, -0.05) is 11.6 Å². The third-order valence-corrected chi connectivity index (χ3v) is 4.93. The van der Waals surface area contributed by atoms with E-state index in [2.05, 4.69) is 0 Å². The Balaban J connectivity index is 2.51. The molecule has 0 heterocycles. The third kappa shape index (κ3) is 4.39. The van der Waals surface area contributed by atoms with Crippen molar-refractivity contribution in [3.05, 3.63) is 58.4 Å². The fraction of sp³-hybridized carbons (Fsp3) is 0.143. The first-order valence-corrected chi connectivity index (χ1v) is 8.34. The van der Waals surface area contributed by atoms with Crippen molar-refractivity contribution in [1.29, 1.82) is 0 Å². The van der Waals surface area contributed by atoms with Crippen molar-refractivity contribution in [3.8, 4) is 0 Å². The zero-order valence-corrected chi connectivity index (χ0v) is 13.8.